The Morgan fingerprint density at radius 3 is 2.53 bits per heavy atom. The summed E-state index contributed by atoms with van der Waals surface area (Å²) in [4.78, 5) is 19.3. The van der Waals surface area contributed by atoms with Crippen LogP contribution in [0.25, 0.3) is 11.4 Å². The molecule has 0 amide bonds. The van der Waals surface area contributed by atoms with Crippen molar-refractivity contribution in [1.29, 1.82) is 0 Å². The molecule has 5 heteroatoms. The van der Waals surface area contributed by atoms with Gasteiger partial charge in [0.05, 0.1) is 18.7 Å². The molecule has 0 saturated carbocycles. The smallest absolute Gasteiger partial charge is 0.303 e. The zero-order chi connectivity index (χ0) is 23.1. The van der Waals surface area contributed by atoms with Crippen molar-refractivity contribution in [1.82, 2.24) is 9.97 Å². The number of aromatic amines is 1. The summed E-state index contributed by atoms with van der Waals surface area (Å²) in [5.41, 5.74) is 6.76. The fourth-order valence-electron chi connectivity index (χ4n) is 4.05. The quantitative estimate of drug-likeness (QED) is 0.382. The standard InChI is InChI=1S/C27H34N2O3/c1-5-7-22-17-23(12-13-24(22)18(3)16-26(30)31)32-15-14-25-19(4)28-27(29-25)21-10-8-20(6-2)9-11-21/h8-13,17-18H,5-7,14-16H2,1-4H3,(H,28,29)(H,30,31). The van der Waals surface area contributed by atoms with Crippen LogP contribution in [0.4, 0.5) is 0 Å². The SMILES string of the molecule is CCCc1cc(OCCc2nc(-c3ccc(CC)cc3)[nH]c2C)ccc1C(C)CC(=O)O. The molecule has 1 unspecified atom stereocenters. The molecule has 0 radical (unpaired) electrons. The van der Waals surface area contributed by atoms with Gasteiger partial charge in [0.1, 0.15) is 11.6 Å². The van der Waals surface area contributed by atoms with E-state index >= 15 is 0 Å². The molecule has 0 bridgehead atoms. The fraction of sp³-hybridized carbons (Fsp3) is 0.407. The van der Waals surface area contributed by atoms with Crippen molar-refractivity contribution in [2.75, 3.05) is 6.61 Å². The average molecular weight is 435 g/mol. The molecule has 170 valence electrons. The van der Waals surface area contributed by atoms with Crippen molar-refractivity contribution in [2.45, 2.75) is 65.7 Å². The normalized spacial score (nSPS) is 12.0. The Balaban J connectivity index is 1.65. The van der Waals surface area contributed by atoms with Crippen LogP contribution in [-0.4, -0.2) is 27.7 Å². The molecule has 0 aliphatic heterocycles. The summed E-state index contributed by atoms with van der Waals surface area (Å²) in [6.45, 7) is 8.84. The zero-order valence-electron chi connectivity index (χ0n) is 19.6. The highest BCUT2D eigenvalue weighted by molar-refractivity contribution is 5.68. The van der Waals surface area contributed by atoms with Crippen LogP contribution in [0.15, 0.2) is 42.5 Å². The number of nitrogens with one attached hydrogen (secondary N) is 1. The minimum Gasteiger partial charge on any atom is -0.493 e. The van der Waals surface area contributed by atoms with Crippen LogP contribution >= 0.6 is 0 Å². The van der Waals surface area contributed by atoms with E-state index in [-0.39, 0.29) is 12.3 Å². The van der Waals surface area contributed by atoms with Crippen molar-refractivity contribution in [3.63, 3.8) is 0 Å². The highest BCUT2D eigenvalue weighted by atomic mass is 16.5. The molecule has 2 N–H and O–H groups in total. The van der Waals surface area contributed by atoms with E-state index < -0.39 is 5.97 Å². The minimum absolute atomic E-state index is 0.0142. The van der Waals surface area contributed by atoms with Crippen molar-refractivity contribution < 1.29 is 14.6 Å². The van der Waals surface area contributed by atoms with Gasteiger partial charge in [-0.3, -0.25) is 4.79 Å². The van der Waals surface area contributed by atoms with Gasteiger partial charge in [-0.05, 0) is 54.5 Å². The molecular weight excluding hydrogens is 400 g/mol. The maximum Gasteiger partial charge on any atom is 0.303 e. The molecule has 1 heterocycles. The van der Waals surface area contributed by atoms with Crippen molar-refractivity contribution in [3.8, 4) is 17.1 Å². The lowest BCUT2D eigenvalue weighted by Gasteiger charge is -2.16. The van der Waals surface area contributed by atoms with Crippen LogP contribution in [0, 0.1) is 6.92 Å². The first-order valence-corrected chi connectivity index (χ1v) is 11.5. The van der Waals surface area contributed by atoms with Gasteiger partial charge in [0.25, 0.3) is 0 Å². The van der Waals surface area contributed by atoms with Crippen LogP contribution in [0.5, 0.6) is 5.75 Å². The van der Waals surface area contributed by atoms with Gasteiger partial charge in [-0.2, -0.15) is 0 Å². The van der Waals surface area contributed by atoms with E-state index in [0.717, 1.165) is 59.8 Å². The molecule has 0 spiro atoms. The molecule has 32 heavy (non-hydrogen) atoms. The third kappa shape index (κ3) is 6.00. The predicted molar refractivity (Wildman–Crippen MR) is 128 cm³/mol. The summed E-state index contributed by atoms with van der Waals surface area (Å²) < 4.78 is 6.04. The summed E-state index contributed by atoms with van der Waals surface area (Å²) >= 11 is 0. The van der Waals surface area contributed by atoms with E-state index in [1.54, 1.807) is 0 Å². The number of carboxylic acid groups (broad SMARTS) is 1. The molecule has 2 aromatic carbocycles. The molecular formula is C27H34N2O3. The van der Waals surface area contributed by atoms with Gasteiger partial charge >= 0.3 is 5.97 Å². The third-order valence-corrected chi connectivity index (χ3v) is 5.87. The Labute approximate surface area is 190 Å². The summed E-state index contributed by atoms with van der Waals surface area (Å²) in [6.07, 6.45) is 3.80. The van der Waals surface area contributed by atoms with E-state index in [1.807, 2.05) is 26.0 Å². The first-order valence-electron chi connectivity index (χ1n) is 11.5. The Hall–Kier alpha value is -3.08. The summed E-state index contributed by atoms with van der Waals surface area (Å²) in [6, 6.07) is 14.5. The number of aromatic nitrogens is 2. The predicted octanol–water partition coefficient (Wildman–Crippen LogP) is 6.10. The van der Waals surface area contributed by atoms with Crippen LogP contribution in [0.2, 0.25) is 0 Å². The van der Waals surface area contributed by atoms with Gasteiger partial charge in [0.2, 0.25) is 0 Å². The van der Waals surface area contributed by atoms with Gasteiger partial charge in [0.15, 0.2) is 0 Å². The molecule has 0 saturated heterocycles. The van der Waals surface area contributed by atoms with Crippen LogP contribution in [-0.2, 0) is 24.1 Å². The Morgan fingerprint density at radius 2 is 1.88 bits per heavy atom. The molecule has 0 aliphatic carbocycles. The van der Waals surface area contributed by atoms with E-state index in [4.69, 9.17) is 14.8 Å². The average Bonchev–Trinajstić information content (AvgIpc) is 3.14. The molecule has 0 fully saturated rings. The number of carboxylic acids is 1. The number of aryl methyl sites for hydroxylation is 3. The van der Waals surface area contributed by atoms with Gasteiger partial charge in [0, 0.05) is 17.7 Å². The molecule has 3 aromatic rings. The van der Waals surface area contributed by atoms with E-state index in [1.165, 1.54) is 11.1 Å². The number of nitrogens with zero attached hydrogens (tertiary/aromatic N) is 1. The van der Waals surface area contributed by atoms with Crippen LogP contribution in [0.3, 0.4) is 0 Å². The zero-order valence-corrected chi connectivity index (χ0v) is 19.6. The Bertz CT molecular complexity index is 1040. The largest absolute Gasteiger partial charge is 0.493 e. The maximum absolute atomic E-state index is 11.1. The number of rotatable bonds is 11. The number of H-pyrrole nitrogens is 1. The van der Waals surface area contributed by atoms with E-state index in [0.29, 0.717) is 6.61 Å². The number of imidazole rings is 1. The lowest BCUT2D eigenvalue weighted by atomic mass is 9.91. The number of hydrogen-bond donors (Lipinski definition) is 2. The lowest BCUT2D eigenvalue weighted by molar-refractivity contribution is -0.137. The summed E-state index contributed by atoms with van der Waals surface area (Å²) in [5.74, 6) is 0.931. The number of carbonyl (C=O) groups is 1. The fourth-order valence-corrected chi connectivity index (χ4v) is 4.05. The van der Waals surface area contributed by atoms with E-state index in [9.17, 15) is 4.79 Å². The second-order valence-corrected chi connectivity index (χ2v) is 8.42. The first-order chi connectivity index (χ1) is 15.4. The second kappa shape index (κ2) is 11.0. The van der Waals surface area contributed by atoms with Crippen molar-refractivity contribution in [2.24, 2.45) is 0 Å². The van der Waals surface area contributed by atoms with Gasteiger partial charge in [-0.25, -0.2) is 4.98 Å². The Kier molecular flexibility index (Phi) is 8.09. The molecule has 3 rings (SSSR count). The van der Waals surface area contributed by atoms with Gasteiger partial charge in [-0.15, -0.1) is 0 Å². The van der Waals surface area contributed by atoms with Gasteiger partial charge in [-0.1, -0.05) is 57.5 Å². The van der Waals surface area contributed by atoms with Crippen molar-refractivity contribution in [3.05, 3.63) is 70.5 Å². The minimum atomic E-state index is -0.768. The molecule has 1 atom stereocenters. The number of benzene rings is 2. The van der Waals surface area contributed by atoms with E-state index in [2.05, 4.69) is 49.2 Å². The summed E-state index contributed by atoms with van der Waals surface area (Å²) in [5, 5.41) is 9.13. The van der Waals surface area contributed by atoms with Crippen molar-refractivity contribution >= 4 is 5.97 Å². The number of hydrogen-bond acceptors (Lipinski definition) is 3. The topological polar surface area (TPSA) is 75.2 Å². The van der Waals surface area contributed by atoms with Crippen LogP contribution in [0.1, 0.15) is 67.6 Å². The van der Waals surface area contributed by atoms with Gasteiger partial charge < -0.3 is 14.8 Å². The number of ether oxygens (including phenoxy) is 1. The number of aliphatic carboxylic acids is 1. The third-order valence-electron chi connectivity index (χ3n) is 5.87. The first kappa shape index (κ1) is 23.6. The molecule has 1 aromatic heterocycles. The lowest BCUT2D eigenvalue weighted by Crippen LogP contribution is -2.07. The highest BCUT2D eigenvalue weighted by Crippen LogP contribution is 2.28. The Morgan fingerprint density at radius 1 is 1.12 bits per heavy atom. The molecule has 5 nitrogen and oxygen atoms in total. The van der Waals surface area contributed by atoms with Crippen LogP contribution < -0.4 is 4.74 Å². The maximum atomic E-state index is 11.1. The summed E-state index contributed by atoms with van der Waals surface area (Å²) in [7, 11) is 0. The second-order valence-electron chi connectivity index (χ2n) is 8.42. The highest BCUT2D eigenvalue weighted by Gasteiger charge is 2.15. The monoisotopic (exact) mass is 434 g/mol. The molecule has 0 aliphatic rings.